The fourth-order valence-electron chi connectivity index (χ4n) is 2.44. The first kappa shape index (κ1) is 14.3. The quantitative estimate of drug-likeness (QED) is 0.665. The van der Waals surface area contributed by atoms with Gasteiger partial charge >= 0.3 is 0 Å². The minimum absolute atomic E-state index is 0.150. The summed E-state index contributed by atoms with van der Waals surface area (Å²) in [5.74, 6) is -1.37. The van der Waals surface area contributed by atoms with Crippen molar-refractivity contribution in [1.29, 1.82) is 0 Å². The molecule has 21 heavy (non-hydrogen) atoms. The Labute approximate surface area is 129 Å². The van der Waals surface area contributed by atoms with Crippen molar-refractivity contribution in [2.45, 2.75) is 5.92 Å². The Kier molecular flexibility index (Phi) is 3.83. The van der Waals surface area contributed by atoms with E-state index in [2.05, 4.69) is 9.97 Å². The fraction of sp³-hybridized carbons (Fsp3) is 0.133. The molecule has 3 aromatic rings. The first-order chi connectivity index (χ1) is 10.1. The minimum Gasteiger partial charge on any atom is -0.346 e. The van der Waals surface area contributed by atoms with Crippen molar-refractivity contribution in [1.82, 2.24) is 9.97 Å². The smallest absolute Gasteiger partial charge is 0.142 e. The molecule has 2 heterocycles. The van der Waals surface area contributed by atoms with Crippen LogP contribution in [-0.4, -0.2) is 16.6 Å². The summed E-state index contributed by atoms with van der Waals surface area (Å²) in [6.45, 7) is -0.745. The molecule has 1 atom stereocenters. The number of rotatable bonds is 3. The zero-order valence-corrected chi connectivity index (χ0v) is 12.2. The monoisotopic (exact) mass is 326 g/mol. The molecule has 0 saturated carbocycles. The number of halogens is 4. The number of pyridine rings is 1. The van der Waals surface area contributed by atoms with E-state index in [-0.39, 0.29) is 15.6 Å². The second-order valence-corrected chi connectivity index (χ2v) is 5.39. The largest absolute Gasteiger partial charge is 0.346 e. The van der Waals surface area contributed by atoms with Gasteiger partial charge in [-0.25, -0.2) is 9.37 Å². The molecule has 3 rings (SSSR count). The van der Waals surface area contributed by atoms with E-state index in [1.807, 2.05) is 6.07 Å². The molecule has 108 valence electrons. The number of nitrogens with one attached hydrogen (secondary N) is 1. The summed E-state index contributed by atoms with van der Waals surface area (Å²) in [7, 11) is 0. The van der Waals surface area contributed by atoms with Gasteiger partial charge in [-0.1, -0.05) is 23.2 Å². The molecular formula is C15H10Cl2F2N2. The zero-order valence-electron chi connectivity index (χ0n) is 10.7. The van der Waals surface area contributed by atoms with Crippen LogP contribution in [-0.2, 0) is 0 Å². The lowest BCUT2D eigenvalue weighted by molar-refractivity contribution is 0.461. The highest BCUT2D eigenvalue weighted by atomic mass is 35.5. The van der Waals surface area contributed by atoms with Gasteiger partial charge in [-0.05, 0) is 29.8 Å². The molecule has 0 fully saturated rings. The topological polar surface area (TPSA) is 28.7 Å². The van der Waals surface area contributed by atoms with Crippen LogP contribution in [0.15, 0.2) is 36.7 Å². The van der Waals surface area contributed by atoms with Gasteiger partial charge in [0.2, 0.25) is 0 Å². The Morgan fingerprint density at radius 3 is 2.81 bits per heavy atom. The molecule has 1 N–H and O–H groups in total. The number of nitrogens with zero attached hydrogens (tertiary/aromatic N) is 1. The maximum absolute atomic E-state index is 13.7. The van der Waals surface area contributed by atoms with Gasteiger partial charge in [0.25, 0.3) is 0 Å². The zero-order chi connectivity index (χ0) is 15.0. The Hall–Kier alpha value is -1.65. The van der Waals surface area contributed by atoms with Gasteiger partial charge < -0.3 is 4.98 Å². The van der Waals surface area contributed by atoms with Crippen LogP contribution in [0.2, 0.25) is 10.0 Å². The van der Waals surface area contributed by atoms with Gasteiger partial charge in [-0.3, -0.25) is 4.39 Å². The SMILES string of the molecule is FCC(c1c(Cl)ccc(F)c1Cl)c1c[nH]c2ncccc12. The Morgan fingerprint density at radius 1 is 1.24 bits per heavy atom. The summed E-state index contributed by atoms with van der Waals surface area (Å²) in [5, 5.41) is 0.849. The average molecular weight is 327 g/mol. The third kappa shape index (κ3) is 2.39. The van der Waals surface area contributed by atoms with Crippen molar-refractivity contribution in [3.05, 3.63) is 63.6 Å². The van der Waals surface area contributed by atoms with Crippen LogP contribution in [0, 0.1) is 5.82 Å². The van der Waals surface area contributed by atoms with E-state index in [0.29, 0.717) is 11.2 Å². The fourth-order valence-corrected chi connectivity index (χ4v) is 3.08. The molecule has 0 aliphatic carbocycles. The molecule has 0 aliphatic heterocycles. The van der Waals surface area contributed by atoms with Crippen LogP contribution in [0.3, 0.4) is 0 Å². The third-order valence-corrected chi connectivity index (χ3v) is 4.15. The standard InChI is InChI=1S/C15H10Cl2F2N2/c16-11-3-4-12(19)14(17)13(11)9(6-18)10-7-21-15-8(10)2-1-5-20-15/h1-5,7,9H,6H2,(H,20,21). The number of hydrogen-bond acceptors (Lipinski definition) is 1. The van der Waals surface area contributed by atoms with Crippen LogP contribution in [0.4, 0.5) is 8.78 Å². The molecule has 0 radical (unpaired) electrons. The highest BCUT2D eigenvalue weighted by molar-refractivity contribution is 6.36. The summed E-state index contributed by atoms with van der Waals surface area (Å²) in [6.07, 6.45) is 3.29. The molecule has 1 unspecified atom stereocenters. The van der Waals surface area contributed by atoms with Crippen LogP contribution >= 0.6 is 23.2 Å². The van der Waals surface area contributed by atoms with Gasteiger partial charge in [0.05, 0.1) is 5.02 Å². The molecule has 0 aliphatic rings. The predicted octanol–water partition coefficient (Wildman–Crippen LogP) is 5.11. The summed E-state index contributed by atoms with van der Waals surface area (Å²) < 4.78 is 27.3. The van der Waals surface area contributed by atoms with Crippen LogP contribution in [0.1, 0.15) is 17.0 Å². The molecule has 1 aromatic carbocycles. The molecule has 0 bridgehead atoms. The van der Waals surface area contributed by atoms with Crippen LogP contribution < -0.4 is 0 Å². The van der Waals surface area contributed by atoms with Gasteiger partial charge in [0.15, 0.2) is 0 Å². The lowest BCUT2D eigenvalue weighted by Gasteiger charge is -2.17. The molecule has 0 spiro atoms. The second-order valence-electron chi connectivity index (χ2n) is 4.61. The highest BCUT2D eigenvalue weighted by Crippen LogP contribution is 2.39. The van der Waals surface area contributed by atoms with Gasteiger partial charge in [-0.2, -0.15) is 0 Å². The maximum atomic E-state index is 13.7. The lowest BCUT2D eigenvalue weighted by atomic mass is 9.92. The van der Waals surface area contributed by atoms with E-state index < -0.39 is 18.4 Å². The first-order valence-corrected chi connectivity index (χ1v) is 7.00. The summed E-state index contributed by atoms with van der Waals surface area (Å²) >= 11 is 12.1. The number of benzene rings is 1. The average Bonchev–Trinajstić information content (AvgIpc) is 2.91. The number of aromatic amines is 1. The minimum atomic E-state index is -0.751. The molecule has 0 saturated heterocycles. The third-order valence-electron chi connectivity index (χ3n) is 3.44. The summed E-state index contributed by atoms with van der Waals surface area (Å²) in [5.41, 5.74) is 1.54. The van der Waals surface area contributed by atoms with Crippen molar-refractivity contribution < 1.29 is 8.78 Å². The van der Waals surface area contributed by atoms with Crippen molar-refractivity contribution >= 4 is 34.2 Å². The molecule has 2 nitrogen and oxygen atoms in total. The first-order valence-electron chi connectivity index (χ1n) is 6.24. The van der Waals surface area contributed by atoms with Crippen molar-refractivity contribution in [2.24, 2.45) is 0 Å². The molecule has 2 aromatic heterocycles. The van der Waals surface area contributed by atoms with Gasteiger partial charge in [0.1, 0.15) is 18.1 Å². The van der Waals surface area contributed by atoms with Gasteiger partial charge in [0, 0.05) is 34.3 Å². The summed E-state index contributed by atoms with van der Waals surface area (Å²) in [6, 6.07) is 6.12. The predicted molar refractivity (Wildman–Crippen MR) is 80.3 cm³/mol. The van der Waals surface area contributed by atoms with Crippen molar-refractivity contribution in [3.63, 3.8) is 0 Å². The van der Waals surface area contributed by atoms with E-state index in [0.717, 1.165) is 5.39 Å². The van der Waals surface area contributed by atoms with Crippen molar-refractivity contribution in [2.75, 3.05) is 6.67 Å². The molecule has 6 heteroatoms. The number of aromatic nitrogens is 2. The second kappa shape index (κ2) is 5.62. The normalized spacial score (nSPS) is 12.8. The number of fused-ring (bicyclic) bond motifs is 1. The highest BCUT2D eigenvalue weighted by Gasteiger charge is 2.24. The summed E-state index contributed by atoms with van der Waals surface area (Å²) in [4.78, 5) is 7.13. The van der Waals surface area contributed by atoms with E-state index in [1.165, 1.54) is 12.1 Å². The lowest BCUT2D eigenvalue weighted by Crippen LogP contribution is -2.05. The van der Waals surface area contributed by atoms with Crippen LogP contribution in [0.25, 0.3) is 11.0 Å². The van der Waals surface area contributed by atoms with E-state index >= 15 is 0 Å². The van der Waals surface area contributed by atoms with E-state index in [9.17, 15) is 8.78 Å². The molecule has 0 amide bonds. The Morgan fingerprint density at radius 2 is 2.05 bits per heavy atom. The molecular weight excluding hydrogens is 317 g/mol. The van der Waals surface area contributed by atoms with Gasteiger partial charge in [-0.15, -0.1) is 0 Å². The maximum Gasteiger partial charge on any atom is 0.142 e. The van der Waals surface area contributed by atoms with Crippen molar-refractivity contribution in [3.8, 4) is 0 Å². The number of H-pyrrole nitrogens is 1. The Balaban J connectivity index is 2.22. The number of hydrogen-bond donors (Lipinski definition) is 1. The van der Waals surface area contributed by atoms with E-state index in [4.69, 9.17) is 23.2 Å². The number of alkyl halides is 1. The Bertz CT molecular complexity index is 801. The van der Waals surface area contributed by atoms with E-state index in [1.54, 1.807) is 18.5 Å². The van der Waals surface area contributed by atoms with Crippen LogP contribution in [0.5, 0.6) is 0 Å².